The third-order valence-corrected chi connectivity index (χ3v) is 7.02. The summed E-state index contributed by atoms with van der Waals surface area (Å²) in [5, 5.41) is 17.4. The zero-order valence-electron chi connectivity index (χ0n) is 16.1. The number of rotatable bonds is 5. The van der Waals surface area contributed by atoms with Gasteiger partial charge in [-0.05, 0) is 32.3 Å². The lowest BCUT2D eigenvalue weighted by Gasteiger charge is -2.39. The number of benzene rings is 1. The van der Waals surface area contributed by atoms with Crippen LogP contribution in [0.25, 0.3) is 0 Å². The second-order valence-electron chi connectivity index (χ2n) is 7.42. The molecule has 3 rings (SSSR count). The lowest BCUT2D eigenvalue weighted by atomic mass is 10.0. The van der Waals surface area contributed by atoms with E-state index in [9.17, 15) is 19.7 Å². The van der Waals surface area contributed by atoms with Gasteiger partial charge in [0.15, 0.2) is 0 Å². The van der Waals surface area contributed by atoms with Crippen molar-refractivity contribution in [3.05, 3.63) is 39.9 Å². The zero-order valence-corrected chi connectivity index (χ0v) is 17.0. The van der Waals surface area contributed by atoms with Gasteiger partial charge in [0.1, 0.15) is 0 Å². The largest absolute Gasteiger partial charge is 0.352 e. The average molecular weight is 407 g/mol. The smallest absolute Gasteiger partial charge is 0.270 e. The van der Waals surface area contributed by atoms with Gasteiger partial charge in [-0.15, -0.1) is 11.8 Å². The van der Waals surface area contributed by atoms with Gasteiger partial charge in [-0.2, -0.15) is 0 Å². The predicted molar refractivity (Wildman–Crippen MR) is 108 cm³/mol. The van der Waals surface area contributed by atoms with Crippen molar-refractivity contribution in [2.75, 3.05) is 18.8 Å². The van der Waals surface area contributed by atoms with Crippen LogP contribution in [-0.2, 0) is 4.79 Å². The molecular weight excluding hydrogens is 380 g/mol. The van der Waals surface area contributed by atoms with Crippen molar-refractivity contribution >= 4 is 29.3 Å². The minimum Gasteiger partial charge on any atom is -0.352 e. The summed E-state index contributed by atoms with van der Waals surface area (Å²) in [5.74, 6) is 0.572. The summed E-state index contributed by atoms with van der Waals surface area (Å²) >= 11 is 1.75. The van der Waals surface area contributed by atoms with Crippen molar-refractivity contribution in [2.45, 2.75) is 50.1 Å². The van der Waals surface area contributed by atoms with E-state index in [2.05, 4.69) is 10.6 Å². The fraction of sp³-hybridized carbons (Fsp3) is 0.579. The third kappa shape index (κ3) is 4.47. The van der Waals surface area contributed by atoms with Crippen LogP contribution in [0.2, 0.25) is 0 Å². The van der Waals surface area contributed by atoms with Gasteiger partial charge in [-0.3, -0.25) is 25.0 Å². The van der Waals surface area contributed by atoms with Gasteiger partial charge in [0.25, 0.3) is 11.6 Å². The first-order valence-electron chi connectivity index (χ1n) is 9.59. The Kier molecular flexibility index (Phi) is 6.24. The molecule has 28 heavy (non-hydrogen) atoms. The Morgan fingerprint density at radius 3 is 2.79 bits per heavy atom. The maximum atomic E-state index is 12.7. The van der Waals surface area contributed by atoms with Crippen molar-refractivity contribution in [3.8, 4) is 0 Å². The summed E-state index contributed by atoms with van der Waals surface area (Å²) < 4.78 is 0. The molecular formula is C19H26N4O4S. The topological polar surface area (TPSA) is 105 Å². The van der Waals surface area contributed by atoms with Crippen LogP contribution >= 0.6 is 11.8 Å². The molecule has 0 aliphatic carbocycles. The summed E-state index contributed by atoms with van der Waals surface area (Å²) in [7, 11) is 0. The van der Waals surface area contributed by atoms with E-state index < -0.39 is 4.92 Å². The molecule has 0 unspecified atom stereocenters. The number of nitrogens with one attached hydrogen (secondary N) is 2. The number of amides is 2. The van der Waals surface area contributed by atoms with Gasteiger partial charge in [0.2, 0.25) is 5.91 Å². The molecule has 2 N–H and O–H groups in total. The van der Waals surface area contributed by atoms with E-state index in [1.807, 2.05) is 13.8 Å². The van der Waals surface area contributed by atoms with Gasteiger partial charge >= 0.3 is 0 Å². The zero-order chi connectivity index (χ0) is 20.3. The van der Waals surface area contributed by atoms with Crippen molar-refractivity contribution in [2.24, 2.45) is 0 Å². The first-order valence-corrected chi connectivity index (χ1v) is 10.6. The Bertz CT molecular complexity index is 764. The first kappa shape index (κ1) is 20.6. The number of nitrogens with zero attached hydrogens (tertiary/aromatic N) is 2. The van der Waals surface area contributed by atoms with Crippen LogP contribution in [-0.4, -0.2) is 57.4 Å². The third-order valence-electron chi connectivity index (χ3n) is 5.44. The van der Waals surface area contributed by atoms with Crippen LogP contribution in [0.3, 0.4) is 0 Å². The molecule has 1 aromatic carbocycles. The molecule has 0 radical (unpaired) electrons. The fourth-order valence-electron chi connectivity index (χ4n) is 3.53. The lowest BCUT2D eigenvalue weighted by Crippen LogP contribution is -2.55. The highest BCUT2D eigenvalue weighted by molar-refractivity contribution is 8.01. The minimum atomic E-state index is -0.494. The Balaban J connectivity index is 1.57. The molecule has 2 aliphatic rings. The normalized spacial score (nSPS) is 22.1. The van der Waals surface area contributed by atoms with Crippen LogP contribution < -0.4 is 10.6 Å². The molecule has 0 aromatic heterocycles. The second-order valence-corrected chi connectivity index (χ2v) is 8.82. The number of carbonyl (C=O) groups is 2. The first-order chi connectivity index (χ1) is 13.3. The maximum absolute atomic E-state index is 12.7. The molecule has 8 nitrogen and oxygen atoms in total. The number of nitro groups is 1. The van der Waals surface area contributed by atoms with E-state index >= 15 is 0 Å². The summed E-state index contributed by atoms with van der Waals surface area (Å²) in [6.45, 7) is 5.15. The van der Waals surface area contributed by atoms with Crippen molar-refractivity contribution in [3.63, 3.8) is 0 Å². The van der Waals surface area contributed by atoms with Gasteiger partial charge < -0.3 is 10.2 Å². The Morgan fingerprint density at radius 2 is 2.14 bits per heavy atom. The molecule has 9 heteroatoms. The molecule has 1 aromatic rings. The SMILES string of the molecule is CC[C@H](C)NC(=O)[C@@H]1CSC2(CCN(C(=O)c3cccc([N+](=O)[O-])c3)CC2)N1. The molecule has 2 fully saturated rings. The summed E-state index contributed by atoms with van der Waals surface area (Å²) in [5.41, 5.74) is 0.255. The quantitative estimate of drug-likeness (QED) is 0.573. The second kappa shape index (κ2) is 8.48. The highest BCUT2D eigenvalue weighted by Gasteiger charge is 2.44. The highest BCUT2D eigenvalue weighted by Crippen LogP contribution is 2.39. The lowest BCUT2D eigenvalue weighted by molar-refractivity contribution is -0.384. The Hall–Kier alpha value is -2.13. The predicted octanol–water partition coefficient (Wildman–Crippen LogP) is 2.15. The molecule has 0 bridgehead atoms. The molecule has 2 atom stereocenters. The van der Waals surface area contributed by atoms with E-state index in [1.165, 1.54) is 18.2 Å². The van der Waals surface area contributed by atoms with Crippen LogP contribution in [0.1, 0.15) is 43.5 Å². The number of hydrogen-bond donors (Lipinski definition) is 2. The van der Waals surface area contributed by atoms with E-state index in [1.54, 1.807) is 22.7 Å². The molecule has 2 amide bonds. The van der Waals surface area contributed by atoms with Crippen LogP contribution in [0, 0.1) is 10.1 Å². The number of non-ortho nitro benzene ring substituents is 1. The van der Waals surface area contributed by atoms with E-state index in [0.29, 0.717) is 18.7 Å². The van der Waals surface area contributed by atoms with E-state index in [0.717, 1.165) is 25.0 Å². The maximum Gasteiger partial charge on any atom is 0.270 e. The van der Waals surface area contributed by atoms with Gasteiger partial charge in [0.05, 0.1) is 15.8 Å². The number of carbonyl (C=O) groups excluding carboxylic acids is 2. The molecule has 0 saturated carbocycles. The minimum absolute atomic E-state index is 0.0360. The van der Waals surface area contributed by atoms with Gasteiger partial charge in [-0.1, -0.05) is 13.0 Å². The fourth-order valence-corrected chi connectivity index (χ4v) is 4.94. The number of thioether (sulfide) groups is 1. The molecule has 2 saturated heterocycles. The van der Waals surface area contributed by atoms with Crippen LogP contribution in [0.4, 0.5) is 5.69 Å². The van der Waals surface area contributed by atoms with E-state index in [-0.39, 0.29) is 34.5 Å². The number of nitro benzene ring substituents is 1. The van der Waals surface area contributed by atoms with Crippen LogP contribution in [0.15, 0.2) is 24.3 Å². The van der Waals surface area contributed by atoms with Crippen LogP contribution in [0.5, 0.6) is 0 Å². The molecule has 2 heterocycles. The molecule has 152 valence electrons. The van der Waals surface area contributed by atoms with Crippen molar-refractivity contribution in [1.29, 1.82) is 0 Å². The summed E-state index contributed by atoms with van der Waals surface area (Å²) in [6.07, 6.45) is 2.38. The summed E-state index contributed by atoms with van der Waals surface area (Å²) in [4.78, 5) is 37.1. The van der Waals surface area contributed by atoms with Gasteiger partial charge in [0, 0.05) is 42.6 Å². The Morgan fingerprint density at radius 1 is 1.43 bits per heavy atom. The average Bonchev–Trinajstić information content (AvgIpc) is 3.11. The number of piperidine rings is 1. The number of hydrogen-bond acceptors (Lipinski definition) is 6. The highest BCUT2D eigenvalue weighted by atomic mass is 32.2. The molecule has 1 spiro atoms. The van der Waals surface area contributed by atoms with Crippen molar-refractivity contribution < 1.29 is 14.5 Å². The summed E-state index contributed by atoms with van der Waals surface area (Å²) in [6, 6.07) is 5.79. The van der Waals surface area contributed by atoms with Crippen molar-refractivity contribution in [1.82, 2.24) is 15.5 Å². The standard InChI is InChI=1S/C19H26N4O4S/c1-3-13(2)20-17(24)16-12-28-19(21-16)7-9-22(10-8-19)18(25)14-5-4-6-15(11-14)23(26)27/h4-6,11,13,16,21H,3,7-10,12H2,1-2H3,(H,20,24)/t13-,16-/m0/s1. The Labute approximate surface area is 168 Å². The molecule has 2 aliphatic heterocycles. The van der Waals surface area contributed by atoms with Gasteiger partial charge in [-0.25, -0.2) is 0 Å². The van der Waals surface area contributed by atoms with E-state index in [4.69, 9.17) is 0 Å². The monoisotopic (exact) mass is 406 g/mol. The number of likely N-dealkylation sites (tertiary alicyclic amines) is 1.